The van der Waals surface area contributed by atoms with Crippen molar-refractivity contribution in [3.05, 3.63) is 69.8 Å². The normalized spacial score (nSPS) is 17.5. The van der Waals surface area contributed by atoms with Crippen LogP contribution in [0, 0.1) is 10.1 Å². The predicted molar refractivity (Wildman–Crippen MR) is 85.5 cm³/mol. The number of nitrogens with one attached hydrogen (secondary N) is 1. The molecule has 0 unspecified atom stereocenters. The summed E-state index contributed by atoms with van der Waals surface area (Å²) >= 11 is 0. The van der Waals surface area contributed by atoms with Crippen molar-refractivity contribution in [2.75, 3.05) is 0 Å². The monoisotopic (exact) mass is 332 g/mol. The molecule has 6 nitrogen and oxygen atoms in total. The Kier molecular flexibility index (Phi) is 4.14. The van der Waals surface area contributed by atoms with Gasteiger partial charge in [0.1, 0.15) is 0 Å². The number of fused-ring (bicyclic) bond motifs is 1. The van der Waals surface area contributed by atoms with Crippen LogP contribution in [0.2, 0.25) is 0 Å². The van der Waals surface area contributed by atoms with E-state index in [0.717, 1.165) is 30.0 Å². The Balaban J connectivity index is 1.91. The first-order valence-corrected chi connectivity index (χ1v) is 8.80. The molecule has 1 aliphatic rings. The maximum absolute atomic E-state index is 12.6. The summed E-state index contributed by atoms with van der Waals surface area (Å²) in [7, 11) is -3.81. The van der Waals surface area contributed by atoms with Gasteiger partial charge in [-0.2, -0.15) is 0 Å². The number of nitro groups is 1. The topological polar surface area (TPSA) is 89.3 Å². The van der Waals surface area contributed by atoms with Crippen molar-refractivity contribution in [3.8, 4) is 0 Å². The van der Waals surface area contributed by atoms with E-state index in [-0.39, 0.29) is 16.6 Å². The van der Waals surface area contributed by atoms with Gasteiger partial charge < -0.3 is 0 Å². The average Bonchev–Trinajstić information content (AvgIpc) is 2.55. The Morgan fingerprint density at radius 2 is 1.91 bits per heavy atom. The number of aryl methyl sites for hydroxylation is 1. The Morgan fingerprint density at radius 1 is 1.13 bits per heavy atom. The summed E-state index contributed by atoms with van der Waals surface area (Å²) in [4.78, 5) is 10.1. The van der Waals surface area contributed by atoms with Crippen molar-refractivity contribution in [2.24, 2.45) is 0 Å². The van der Waals surface area contributed by atoms with Crippen LogP contribution in [0.3, 0.4) is 0 Å². The Hall–Kier alpha value is -2.25. The zero-order chi connectivity index (χ0) is 16.4. The molecule has 120 valence electrons. The highest BCUT2D eigenvalue weighted by Crippen LogP contribution is 2.31. The highest BCUT2D eigenvalue weighted by atomic mass is 32.2. The second-order valence-corrected chi connectivity index (χ2v) is 7.23. The van der Waals surface area contributed by atoms with Crippen molar-refractivity contribution in [1.82, 2.24) is 4.72 Å². The third-order valence-corrected chi connectivity index (χ3v) is 5.47. The molecule has 0 saturated heterocycles. The van der Waals surface area contributed by atoms with Gasteiger partial charge in [0, 0.05) is 18.2 Å². The minimum atomic E-state index is -3.81. The minimum absolute atomic E-state index is 0.0882. The fourth-order valence-corrected chi connectivity index (χ4v) is 4.19. The van der Waals surface area contributed by atoms with Gasteiger partial charge in [0.25, 0.3) is 5.69 Å². The molecular formula is C16H16N2O4S. The molecule has 0 bridgehead atoms. The highest BCUT2D eigenvalue weighted by Gasteiger charge is 2.26. The fourth-order valence-electron chi connectivity index (χ4n) is 2.90. The van der Waals surface area contributed by atoms with Gasteiger partial charge >= 0.3 is 0 Å². The minimum Gasteiger partial charge on any atom is -0.258 e. The molecule has 0 fully saturated rings. The number of hydrogen-bond donors (Lipinski definition) is 1. The van der Waals surface area contributed by atoms with E-state index in [2.05, 4.69) is 4.72 Å². The zero-order valence-corrected chi connectivity index (χ0v) is 13.1. The van der Waals surface area contributed by atoms with Gasteiger partial charge in [0.2, 0.25) is 10.0 Å². The summed E-state index contributed by atoms with van der Waals surface area (Å²) in [6.45, 7) is 0. The lowest BCUT2D eigenvalue weighted by Gasteiger charge is -2.26. The number of hydrogen-bond acceptors (Lipinski definition) is 4. The molecule has 0 aliphatic heterocycles. The van der Waals surface area contributed by atoms with E-state index in [1.54, 1.807) is 0 Å². The van der Waals surface area contributed by atoms with Crippen LogP contribution in [-0.4, -0.2) is 13.3 Å². The van der Waals surface area contributed by atoms with Gasteiger partial charge in [-0.1, -0.05) is 30.3 Å². The summed E-state index contributed by atoms with van der Waals surface area (Å²) in [5, 5.41) is 10.8. The van der Waals surface area contributed by atoms with Gasteiger partial charge in [-0.25, -0.2) is 13.1 Å². The number of benzene rings is 2. The number of nitrogens with zero attached hydrogens (tertiary/aromatic N) is 1. The molecule has 0 saturated carbocycles. The molecule has 7 heteroatoms. The Labute approximate surface area is 134 Å². The smallest absolute Gasteiger partial charge is 0.258 e. The van der Waals surface area contributed by atoms with Crippen LogP contribution in [-0.2, 0) is 16.4 Å². The summed E-state index contributed by atoms with van der Waals surface area (Å²) in [6, 6.07) is 12.6. The van der Waals surface area contributed by atoms with Crippen LogP contribution < -0.4 is 4.72 Å². The van der Waals surface area contributed by atoms with Crippen molar-refractivity contribution >= 4 is 15.7 Å². The van der Waals surface area contributed by atoms with E-state index in [1.807, 2.05) is 24.3 Å². The average molecular weight is 332 g/mol. The first kappa shape index (κ1) is 15.6. The second kappa shape index (κ2) is 6.10. The lowest BCUT2D eigenvalue weighted by Crippen LogP contribution is -2.31. The number of nitro benzene ring substituents is 1. The molecule has 0 heterocycles. The van der Waals surface area contributed by atoms with Crippen LogP contribution in [0.15, 0.2) is 53.4 Å². The molecule has 0 radical (unpaired) electrons. The number of non-ortho nitro benzene ring substituents is 1. The van der Waals surface area contributed by atoms with E-state index in [4.69, 9.17) is 0 Å². The zero-order valence-electron chi connectivity index (χ0n) is 12.3. The second-order valence-electron chi connectivity index (χ2n) is 5.52. The molecule has 0 amide bonds. The van der Waals surface area contributed by atoms with Gasteiger partial charge in [0.15, 0.2) is 0 Å². The van der Waals surface area contributed by atoms with Gasteiger partial charge in [0.05, 0.1) is 9.82 Å². The maximum atomic E-state index is 12.6. The van der Waals surface area contributed by atoms with E-state index in [0.29, 0.717) is 6.42 Å². The molecule has 0 aromatic heterocycles. The van der Waals surface area contributed by atoms with Crippen molar-refractivity contribution in [2.45, 2.75) is 30.2 Å². The van der Waals surface area contributed by atoms with E-state index < -0.39 is 14.9 Å². The number of rotatable bonds is 4. The molecule has 1 aliphatic carbocycles. The Bertz CT molecular complexity index is 849. The first-order chi connectivity index (χ1) is 11.0. The van der Waals surface area contributed by atoms with Crippen LogP contribution in [0.4, 0.5) is 5.69 Å². The third kappa shape index (κ3) is 3.25. The van der Waals surface area contributed by atoms with Gasteiger partial charge in [-0.15, -0.1) is 0 Å². The summed E-state index contributed by atoms with van der Waals surface area (Å²) in [5.41, 5.74) is 1.88. The largest absolute Gasteiger partial charge is 0.270 e. The van der Waals surface area contributed by atoms with E-state index in [1.165, 1.54) is 18.2 Å². The number of sulfonamides is 1. The summed E-state index contributed by atoms with van der Waals surface area (Å²) in [5.74, 6) is 0. The predicted octanol–water partition coefficient (Wildman–Crippen LogP) is 2.95. The first-order valence-electron chi connectivity index (χ1n) is 7.32. The lowest BCUT2D eigenvalue weighted by atomic mass is 9.88. The highest BCUT2D eigenvalue weighted by molar-refractivity contribution is 7.89. The fraction of sp³-hybridized carbons (Fsp3) is 0.250. The SMILES string of the molecule is O=[N+]([O-])c1cccc(S(=O)(=O)N[C@H]2CCCc3ccccc32)c1. The van der Waals surface area contributed by atoms with Crippen molar-refractivity contribution < 1.29 is 13.3 Å². The molecule has 1 N–H and O–H groups in total. The van der Waals surface area contributed by atoms with Crippen LogP contribution in [0.5, 0.6) is 0 Å². The van der Waals surface area contributed by atoms with Gasteiger partial charge in [-0.05, 0) is 36.5 Å². The van der Waals surface area contributed by atoms with Crippen molar-refractivity contribution in [3.63, 3.8) is 0 Å². The molecule has 0 spiro atoms. The molecular weight excluding hydrogens is 316 g/mol. The van der Waals surface area contributed by atoms with Crippen molar-refractivity contribution in [1.29, 1.82) is 0 Å². The van der Waals surface area contributed by atoms with E-state index in [9.17, 15) is 18.5 Å². The standard InChI is InChI=1S/C16H16N2O4S/c19-18(20)13-7-4-8-14(11-13)23(21,22)17-16-10-3-6-12-5-1-2-9-15(12)16/h1-2,4-5,7-9,11,16-17H,3,6,10H2/t16-/m0/s1. The molecule has 2 aromatic rings. The lowest BCUT2D eigenvalue weighted by molar-refractivity contribution is -0.385. The molecule has 3 rings (SSSR count). The van der Waals surface area contributed by atoms with E-state index >= 15 is 0 Å². The quantitative estimate of drug-likeness (QED) is 0.688. The summed E-state index contributed by atoms with van der Waals surface area (Å²) in [6.07, 6.45) is 2.55. The molecule has 1 atom stereocenters. The van der Waals surface area contributed by atoms with Crippen LogP contribution >= 0.6 is 0 Å². The molecule has 2 aromatic carbocycles. The third-order valence-electron chi connectivity index (χ3n) is 4.01. The Morgan fingerprint density at radius 3 is 2.70 bits per heavy atom. The summed E-state index contributed by atoms with van der Waals surface area (Å²) < 4.78 is 27.8. The van der Waals surface area contributed by atoms with Crippen LogP contribution in [0.1, 0.15) is 30.0 Å². The van der Waals surface area contributed by atoms with Gasteiger partial charge in [-0.3, -0.25) is 10.1 Å². The van der Waals surface area contributed by atoms with Crippen LogP contribution in [0.25, 0.3) is 0 Å². The maximum Gasteiger partial charge on any atom is 0.270 e. The molecule has 23 heavy (non-hydrogen) atoms.